The van der Waals surface area contributed by atoms with E-state index in [1.54, 1.807) is 0 Å². The van der Waals surface area contributed by atoms with Crippen LogP contribution in [0.5, 0.6) is 0 Å². The molecule has 0 saturated carbocycles. The average molecular weight is 1010 g/mol. The van der Waals surface area contributed by atoms with Crippen LogP contribution in [0.3, 0.4) is 0 Å². The summed E-state index contributed by atoms with van der Waals surface area (Å²) < 4.78 is 0. The van der Waals surface area contributed by atoms with E-state index in [4.69, 9.17) is 0 Å². The van der Waals surface area contributed by atoms with E-state index in [1.165, 1.54) is 161 Å². The van der Waals surface area contributed by atoms with Gasteiger partial charge in [-0.3, -0.25) is 19.4 Å². The van der Waals surface area contributed by atoms with Crippen LogP contribution in [0, 0.1) is 0 Å². The highest BCUT2D eigenvalue weighted by Gasteiger charge is 2.28. The maximum atomic E-state index is 13.0. The molecule has 0 aromatic heterocycles. The minimum atomic E-state index is -1.51. The largest absolute Gasteiger partial charge is 0.392 e. The first kappa shape index (κ1) is 69.7. The molecule has 0 fully saturated rings. The van der Waals surface area contributed by atoms with Crippen molar-refractivity contribution in [1.29, 1.82) is 0 Å². The van der Waals surface area contributed by atoms with Gasteiger partial charge in [0, 0.05) is 52.4 Å². The molecule has 4 atom stereocenters. The lowest BCUT2D eigenvalue weighted by Gasteiger charge is -2.28. The standard InChI is InChI=1S/C60H122N4O7/c1-6-10-14-18-22-26-30-34-40-54(65)50-63(51-55(66)41-35-31-27-23-19-15-11-7-2)46-38-44-61-58(69)48-60(5,71)49-59(70)62-45-39-47-64(52-56(67)42-36-32-28-24-20-16-12-8-3)53-57(68)43-37-33-29-25-21-17-13-9-4/h54-57,65-68,71H,6-53H2,1-5H3,(H,61,69)(H,62,70). The molecule has 11 heteroatoms. The van der Waals surface area contributed by atoms with Crippen molar-refractivity contribution in [3.05, 3.63) is 0 Å². The minimum Gasteiger partial charge on any atom is -0.392 e. The zero-order chi connectivity index (χ0) is 52.5. The van der Waals surface area contributed by atoms with Crippen molar-refractivity contribution >= 4 is 11.8 Å². The SMILES string of the molecule is CCCCCCCCCCC(O)CN(CCCNC(=O)CC(C)(O)CC(=O)NCCCN(CC(O)CCCCCCCCCC)CC(O)CCCCCCCCCC)CC(O)CCCCCCCCCC. The molecule has 0 rings (SSSR count). The Bertz CT molecular complexity index is 1010. The molecule has 0 spiro atoms. The van der Waals surface area contributed by atoms with Crippen LogP contribution >= 0.6 is 0 Å². The van der Waals surface area contributed by atoms with Gasteiger partial charge in [0.2, 0.25) is 11.8 Å². The number of amides is 2. The second-order valence-electron chi connectivity index (χ2n) is 22.4. The molecule has 0 aromatic carbocycles. The third-order valence-corrected chi connectivity index (χ3v) is 14.5. The van der Waals surface area contributed by atoms with E-state index >= 15 is 0 Å². The van der Waals surface area contributed by atoms with E-state index in [-0.39, 0.29) is 24.7 Å². The second kappa shape index (κ2) is 50.8. The van der Waals surface area contributed by atoms with E-state index < -0.39 is 30.0 Å². The summed E-state index contributed by atoms with van der Waals surface area (Å²) in [4.78, 5) is 30.3. The first-order valence-corrected chi connectivity index (χ1v) is 30.8. The number of hydrogen-bond donors (Lipinski definition) is 7. The average Bonchev–Trinajstić information content (AvgIpc) is 3.32. The summed E-state index contributed by atoms with van der Waals surface area (Å²) in [5.74, 6) is -0.629. The molecule has 0 bridgehead atoms. The molecule has 424 valence electrons. The van der Waals surface area contributed by atoms with Crippen molar-refractivity contribution in [2.24, 2.45) is 0 Å². The molecule has 0 aromatic rings. The van der Waals surface area contributed by atoms with Gasteiger partial charge >= 0.3 is 0 Å². The molecule has 0 aliphatic carbocycles. The van der Waals surface area contributed by atoms with E-state index in [1.807, 2.05) is 0 Å². The number of nitrogens with one attached hydrogen (secondary N) is 2. The number of carbonyl (C=O) groups is 2. The van der Waals surface area contributed by atoms with Crippen molar-refractivity contribution in [3.63, 3.8) is 0 Å². The van der Waals surface area contributed by atoms with Crippen LogP contribution in [0.15, 0.2) is 0 Å². The number of rotatable bonds is 56. The van der Waals surface area contributed by atoms with Gasteiger partial charge in [-0.1, -0.05) is 233 Å². The van der Waals surface area contributed by atoms with E-state index in [0.717, 1.165) is 77.0 Å². The van der Waals surface area contributed by atoms with Crippen molar-refractivity contribution < 1.29 is 35.1 Å². The number of aliphatic hydroxyl groups is 5. The molecule has 4 unspecified atom stereocenters. The Kier molecular flexibility index (Phi) is 49.8. The summed E-state index contributed by atoms with van der Waals surface area (Å²) in [6.07, 6.45) is 41.3. The lowest BCUT2D eigenvalue weighted by molar-refractivity contribution is -0.130. The quantitative estimate of drug-likeness (QED) is 0.0294. The van der Waals surface area contributed by atoms with E-state index in [0.29, 0.717) is 65.2 Å². The van der Waals surface area contributed by atoms with Crippen LogP contribution in [-0.4, -0.2) is 130 Å². The molecule has 2 amide bonds. The van der Waals surface area contributed by atoms with Gasteiger partial charge in [-0.2, -0.15) is 0 Å². The molecular formula is C60H122N4O7. The Morgan fingerprint density at radius 3 is 0.803 bits per heavy atom. The second-order valence-corrected chi connectivity index (χ2v) is 22.4. The van der Waals surface area contributed by atoms with Crippen molar-refractivity contribution in [3.8, 4) is 0 Å². The normalized spacial score (nSPS) is 14.5. The van der Waals surface area contributed by atoms with Gasteiger partial charge in [-0.05, 0) is 45.4 Å². The van der Waals surface area contributed by atoms with Crippen molar-refractivity contribution in [2.75, 3.05) is 52.4 Å². The van der Waals surface area contributed by atoms with Crippen LogP contribution in [0.25, 0.3) is 0 Å². The molecule has 0 aliphatic heterocycles. The predicted octanol–water partition coefficient (Wildman–Crippen LogP) is 12.7. The first-order valence-electron chi connectivity index (χ1n) is 30.8. The van der Waals surface area contributed by atoms with Gasteiger partial charge in [0.25, 0.3) is 0 Å². The minimum absolute atomic E-state index is 0.194. The fraction of sp³-hybridized carbons (Fsp3) is 0.967. The zero-order valence-electron chi connectivity index (χ0n) is 47.7. The number of nitrogens with zero attached hydrogens (tertiary/aromatic N) is 2. The van der Waals surface area contributed by atoms with Gasteiger partial charge in [-0.25, -0.2) is 0 Å². The Morgan fingerprint density at radius 2 is 0.577 bits per heavy atom. The topological polar surface area (TPSA) is 166 Å². The third-order valence-electron chi connectivity index (χ3n) is 14.5. The fourth-order valence-electron chi connectivity index (χ4n) is 10.1. The maximum absolute atomic E-state index is 13.0. The highest BCUT2D eigenvalue weighted by molar-refractivity contribution is 5.80. The first-order chi connectivity index (χ1) is 34.3. The highest BCUT2D eigenvalue weighted by atomic mass is 16.3. The van der Waals surface area contributed by atoms with Gasteiger partial charge in [0.1, 0.15) is 0 Å². The Balaban J connectivity index is 4.94. The number of hydrogen-bond acceptors (Lipinski definition) is 9. The van der Waals surface area contributed by atoms with Crippen molar-refractivity contribution in [2.45, 2.75) is 321 Å². The Labute approximate surface area is 439 Å². The number of aliphatic hydroxyl groups excluding tert-OH is 4. The lowest BCUT2D eigenvalue weighted by Crippen LogP contribution is -2.42. The van der Waals surface area contributed by atoms with Gasteiger partial charge in [-0.15, -0.1) is 0 Å². The summed E-state index contributed by atoms with van der Waals surface area (Å²) in [5, 5.41) is 60.9. The maximum Gasteiger partial charge on any atom is 0.222 e. The highest BCUT2D eigenvalue weighted by Crippen LogP contribution is 2.18. The lowest BCUT2D eigenvalue weighted by atomic mass is 9.97. The monoisotopic (exact) mass is 1010 g/mol. The zero-order valence-corrected chi connectivity index (χ0v) is 47.7. The molecule has 0 radical (unpaired) electrons. The fourth-order valence-corrected chi connectivity index (χ4v) is 10.1. The van der Waals surface area contributed by atoms with Crippen LogP contribution in [0.1, 0.15) is 291 Å². The summed E-state index contributed by atoms with van der Waals surface area (Å²) in [7, 11) is 0. The predicted molar refractivity (Wildman–Crippen MR) is 301 cm³/mol. The Hall–Kier alpha value is -1.34. The van der Waals surface area contributed by atoms with E-state index in [9.17, 15) is 35.1 Å². The smallest absolute Gasteiger partial charge is 0.222 e. The Morgan fingerprint density at radius 1 is 0.366 bits per heavy atom. The van der Waals surface area contributed by atoms with E-state index in [2.05, 4.69) is 48.1 Å². The summed E-state index contributed by atoms with van der Waals surface area (Å²) in [6.45, 7) is 14.6. The summed E-state index contributed by atoms with van der Waals surface area (Å²) >= 11 is 0. The number of carbonyl (C=O) groups excluding carboxylic acids is 2. The molecule has 0 saturated heterocycles. The van der Waals surface area contributed by atoms with Crippen molar-refractivity contribution in [1.82, 2.24) is 20.4 Å². The molecule has 11 nitrogen and oxygen atoms in total. The van der Waals surface area contributed by atoms with Crippen LogP contribution in [0.4, 0.5) is 0 Å². The summed E-state index contributed by atoms with van der Waals surface area (Å²) in [5.41, 5.74) is -1.51. The van der Waals surface area contributed by atoms with Crippen LogP contribution < -0.4 is 10.6 Å². The molecule has 71 heavy (non-hydrogen) atoms. The molecule has 0 aliphatic rings. The van der Waals surface area contributed by atoms with Gasteiger partial charge in [0.05, 0.1) is 42.9 Å². The van der Waals surface area contributed by atoms with Crippen LogP contribution in [-0.2, 0) is 9.59 Å². The molecular weight excluding hydrogens is 889 g/mol. The molecule has 0 heterocycles. The number of unbranched alkanes of at least 4 members (excludes halogenated alkanes) is 28. The summed E-state index contributed by atoms with van der Waals surface area (Å²) in [6, 6.07) is 0. The van der Waals surface area contributed by atoms with Gasteiger partial charge < -0.3 is 36.2 Å². The third kappa shape index (κ3) is 49.3. The van der Waals surface area contributed by atoms with Crippen LogP contribution in [0.2, 0.25) is 0 Å². The van der Waals surface area contributed by atoms with Gasteiger partial charge in [0.15, 0.2) is 0 Å². The molecule has 7 N–H and O–H groups in total.